The highest BCUT2D eigenvalue weighted by molar-refractivity contribution is 7.44. The second-order valence-corrected chi connectivity index (χ2v) is 12.7. The smallest absolute Gasteiger partial charge is 0.146 e. The summed E-state index contributed by atoms with van der Waals surface area (Å²) in [6.45, 7) is 0.227. The Bertz CT molecular complexity index is 136. The molecule has 1 fully saturated rings. The van der Waals surface area contributed by atoms with E-state index in [1.54, 1.807) is 0 Å². The second-order valence-electron chi connectivity index (χ2n) is 4.47. The summed E-state index contributed by atoms with van der Waals surface area (Å²) in [7, 11) is 0. The lowest BCUT2D eigenvalue weighted by Gasteiger charge is -2.22. The van der Waals surface area contributed by atoms with Gasteiger partial charge >= 0.3 is 0 Å². The van der Waals surface area contributed by atoms with Crippen molar-refractivity contribution in [3.63, 3.8) is 0 Å². The molecule has 0 radical (unpaired) electrons. The Kier molecular flexibility index (Phi) is 5.13. The zero-order valence-corrected chi connectivity index (χ0v) is 11.0. The Morgan fingerprint density at radius 1 is 1.15 bits per heavy atom. The molecule has 0 spiro atoms. The van der Waals surface area contributed by atoms with Gasteiger partial charge in [-0.1, -0.05) is 44.9 Å². The first-order valence-electron chi connectivity index (χ1n) is 5.46. The van der Waals surface area contributed by atoms with E-state index in [1.807, 2.05) is 6.55 Å². The summed E-state index contributed by atoms with van der Waals surface area (Å²) in [5.74, 6) is 0.985. The summed E-state index contributed by atoms with van der Waals surface area (Å²) >= 11 is 12.1. The summed E-state index contributed by atoms with van der Waals surface area (Å²) < 4.78 is 0. The first-order valence-corrected chi connectivity index (χ1v) is 10.2. The zero-order valence-electron chi connectivity index (χ0n) is 8.49. The lowest BCUT2D eigenvalue weighted by molar-refractivity contribution is 0.336. The van der Waals surface area contributed by atoms with Crippen LogP contribution in [0.5, 0.6) is 0 Å². The zero-order chi connectivity index (χ0) is 9.73. The van der Waals surface area contributed by atoms with Gasteiger partial charge in [-0.25, -0.2) is 0 Å². The van der Waals surface area contributed by atoms with E-state index in [4.69, 9.17) is 22.2 Å². The Labute approximate surface area is 92.4 Å². The molecule has 0 unspecified atom stereocenters. The predicted molar refractivity (Wildman–Crippen MR) is 63.9 cm³/mol. The largest absolute Gasteiger partial charge is 0.248 e. The van der Waals surface area contributed by atoms with E-state index in [2.05, 4.69) is 0 Å². The molecule has 0 nitrogen and oxygen atoms in total. The molecular weight excluding hydrogens is 219 g/mol. The number of halogens is 2. The minimum absolute atomic E-state index is 0.985. The van der Waals surface area contributed by atoms with Gasteiger partial charge < -0.3 is 0 Å². The number of rotatable bonds is 4. The molecule has 0 N–H and O–H groups in total. The topological polar surface area (TPSA) is 0 Å². The first kappa shape index (κ1) is 11.9. The summed E-state index contributed by atoms with van der Waals surface area (Å²) in [6, 6.07) is 1.08. The van der Waals surface area contributed by atoms with Crippen molar-refractivity contribution in [3.8, 4) is 0 Å². The van der Waals surface area contributed by atoms with Gasteiger partial charge in [0, 0.05) is 0 Å². The third-order valence-corrected chi connectivity index (χ3v) is 5.32. The molecule has 0 atom stereocenters. The summed E-state index contributed by atoms with van der Waals surface area (Å²) in [4.78, 5) is 0. The lowest BCUT2D eigenvalue weighted by Crippen LogP contribution is -2.13. The van der Waals surface area contributed by atoms with Crippen molar-refractivity contribution in [2.75, 3.05) is 0 Å². The molecule has 0 aliphatic heterocycles. The van der Waals surface area contributed by atoms with Crippen molar-refractivity contribution >= 4 is 28.9 Å². The van der Waals surface area contributed by atoms with Gasteiger partial charge in [0.1, 0.15) is 0 Å². The molecule has 0 bridgehead atoms. The highest BCUT2D eigenvalue weighted by atomic mass is 35.7. The predicted octanol–water partition coefficient (Wildman–Crippen LogP) is 4.90. The molecule has 13 heavy (non-hydrogen) atoms. The van der Waals surface area contributed by atoms with Crippen LogP contribution < -0.4 is 0 Å². The van der Waals surface area contributed by atoms with Gasteiger partial charge in [0.2, 0.25) is 6.69 Å². The van der Waals surface area contributed by atoms with Crippen LogP contribution in [0.1, 0.15) is 44.9 Å². The SMILES string of the molecule is C[Si](Cl)(Cl)CCCC1CCCCC1. The number of hydrogen-bond acceptors (Lipinski definition) is 0. The van der Waals surface area contributed by atoms with Crippen LogP contribution in [0.15, 0.2) is 0 Å². The van der Waals surface area contributed by atoms with Crippen molar-refractivity contribution in [2.24, 2.45) is 5.92 Å². The molecule has 0 amide bonds. The molecule has 1 saturated carbocycles. The summed E-state index contributed by atoms with van der Waals surface area (Å²) in [5, 5.41) is 0. The van der Waals surface area contributed by atoms with Gasteiger partial charge in [0.05, 0.1) is 0 Å². The van der Waals surface area contributed by atoms with Crippen molar-refractivity contribution < 1.29 is 0 Å². The van der Waals surface area contributed by atoms with E-state index in [9.17, 15) is 0 Å². The molecule has 1 rings (SSSR count). The minimum Gasteiger partial charge on any atom is -0.146 e. The molecule has 0 aromatic rings. The van der Waals surface area contributed by atoms with E-state index >= 15 is 0 Å². The first-order chi connectivity index (χ1) is 6.08. The Balaban J connectivity index is 2.04. The molecule has 3 heteroatoms. The molecular formula is C10H20Cl2Si. The molecule has 0 heterocycles. The quantitative estimate of drug-likeness (QED) is 0.483. The van der Waals surface area contributed by atoms with Crippen LogP contribution in [-0.2, 0) is 0 Å². The summed E-state index contributed by atoms with van der Waals surface area (Å²) in [5.41, 5.74) is 0. The van der Waals surface area contributed by atoms with E-state index in [0.29, 0.717) is 0 Å². The Morgan fingerprint density at radius 2 is 1.77 bits per heavy atom. The number of hydrogen-bond donors (Lipinski definition) is 0. The third kappa shape index (κ3) is 5.98. The van der Waals surface area contributed by atoms with E-state index in [1.165, 1.54) is 44.9 Å². The minimum atomic E-state index is -1.80. The van der Waals surface area contributed by atoms with E-state index < -0.39 is 6.69 Å². The second kappa shape index (κ2) is 5.62. The monoisotopic (exact) mass is 238 g/mol. The van der Waals surface area contributed by atoms with Gasteiger partial charge in [-0.15, -0.1) is 22.2 Å². The van der Waals surface area contributed by atoms with Crippen LogP contribution in [0.25, 0.3) is 0 Å². The normalized spacial score (nSPS) is 20.5. The van der Waals surface area contributed by atoms with Crippen molar-refractivity contribution in [2.45, 2.75) is 57.5 Å². The molecule has 78 valence electrons. The molecule has 0 aromatic carbocycles. The van der Waals surface area contributed by atoms with Crippen LogP contribution in [0.4, 0.5) is 0 Å². The van der Waals surface area contributed by atoms with Crippen molar-refractivity contribution in [1.29, 1.82) is 0 Å². The van der Waals surface area contributed by atoms with E-state index in [0.717, 1.165) is 12.0 Å². The van der Waals surface area contributed by atoms with E-state index in [-0.39, 0.29) is 0 Å². The van der Waals surface area contributed by atoms with Crippen molar-refractivity contribution in [1.82, 2.24) is 0 Å². The molecule has 1 aliphatic carbocycles. The van der Waals surface area contributed by atoms with Crippen LogP contribution in [0.3, 0.4) is 0 Å². The maximum Gasteiger partial charge on any atom is 0.248 e. The summed E-state index contributed by atoms with van der Waals surface area (Å²) in [6.07, 6.45) is 9.85. The van der Waals surface area contributed by atoms with Crippen molar-refractivity contribution in [3.05, 3.63) is 0 Å². The Hall–Kier alpha value is 0.797. The molecule has 1 aliphatic rings. The lowest BCUT2D eigenvalue weighted by atomic mass is 9.86. The van der Waals surface area contributed by atoms with Gasteiger partial charge in [-0.3, -0.25) is 0 Å². The Morgan fingerprint density at radius 3 is 2.31 bits per heavy atom. The standard InChI is InChI=1S/C10H20Cl2Si/c1-13(11,12)9-5-8-10-6-3-2-4-7-10/h10H,2-9H2,1H3. The molecule has 0 aromatic heterocycles. The van der Waals surface area contributed by atoms with Crippen LogP contribution in [0.2, 0.25) is 12.6 Å². The average Bonchev–Trinajstić information content (AvgIpc) is 2.04. The van der Waals surface area contributed by atoms with Crippen LogP contribution in [-0.4, -0.2) is 6.69 Å². The fraction of sp³-hybridized carbons (Fsp3) is 1.00. The maximum atomic E-state index is 6.06. The highest BCUT2D eigenvalue weighted by Gasteiger charge is 2.21. The fourth-order valence-electron chi connectivity index (χ4n) is 2.18. The van der Waals surface area contributed by atoms with Crippen LogP contribution in [0, 0.1) is 5.92 Å². The average molecular weight is 239 g/mol. The highest BCUT2D eigenvalue weighted by Crippen LogP contribution is 2.30. The van der Waals surface area contributed by atoms with Gasteiger partial charge in [-0.05, 0) is 18.5 Å². The van der Waals surface area contributed by atoms with Crippen LogP contribution >= 0.6 is 22.2 Å². The van der Waals surface area contributed by atoms with Gasteiger partial charge in [0.25, 0.3) is 0 Å². The van der Waals surface area contributed by atoms with Gasteiger partial charge in [0.15, 0.2) is 0 Å². The maximum absolute atomic E-state index is 6.06. The third-order valence-electron chi connectivity index (χ3n) is 2.95. The molecule has 0 saturated heterocycles. The fourth-order valence-corrected chi connectivity index (χ4v) is 3.80. The van der Waals surface area contributed by atoms with Gasteiger partial charge in [-0.2, -0.15) is 0 Å².